The van der Waals surface area contributed by atoms with Gasteiger partial charge in [0.15, 0.2) is 0 Å². The molecule has 3 fully saturated rings. The van der Waals surface area contributed by atoms with Gasteiger partial charge in [0.25, 0.3) is 0 Å². The van der Waals surface area contributed by atoms with Crippen molar-refractivity contribution in [2.75, 3.05) is 6.54 Å². The fraction of sp³-hybridized carbons (Fsp3) is 0.857. The SMILES string of the molecule is CC(=O)C12CNC(C1)C2. The second kappa shape index (κ2) is 1.37. The Labute approximate surface area is 54.6 Å². The van der Waals surface area contributed by atoms with Crippen LogP contribution in [0.2, 0.25) is 0 Å². The second-order valence-electron chi connectivity index (χ2n) is 3.32. The number of hydrogen-bond acceptors (Lipinski definition) is 2. The van der Waals surface area contributed by atoms with Crippen molar-refractivity contribution in [3.05, 3.63) is 0 Å². The number of fused-ring (bicyclic) bond motifs is 1. The Bertz CT molecular complexity index is 153. The van der Waals surface area contributed by atoms with Crippen molar-refractivity contribution in [1.29, 1.82) is 0 Å². The molecule has 2 heterocycles. The molecule has 0 aromatic carbocycles. The number of hydrogen-bond donors (Lipinski definition) is 1. The average molecular weight is 125 g/mol. The van der Waals surface area contributed by atoms with E-state index in [1.807, 2.05) is 0 Å². The number of nitrogens with one attached hydrogen (secondary N) is 1. The summed E-state index contributed by atoms with van der Waals surface area (Å²) in [6.45, 7) is 2.65. The molecule has 1 saturated carbocycles. The molecule has 0 amide bonds. The van der Waals surface area contributed by atoms with Gasteiger partial charge in [0, 0.05) is 18.0 Å². The van der Waals surface area contributed by atoms with Crippen molar-refractivity contribution in [3.8, 4) is 0 Å². The highest BCUT2D eigenvalue weighted by Gasteiger charge is 2.53. The van der Waals surface area contributed by atoms with E-state index in [0.717, 1.165) is 19.4 Å². The molecule has 0 radical (unpaired) electrons. The van der Waals surface area contributed by atoms with Crippen molar-refractivity contribution in [1.82, 2.24) is 5.32 Å². The lowest BCUT2D eigenvalue weighted by molar-refractivity contribution is -0.128. The van der Waals surface area contributed by atoms with Crippen LogP contribution in [0.3, 0.4) is 0 Å². The van der Waals surface area contributed by atoms with Gasteiger partial charge in [0.2, 0.25) is 0 Å². The standard InChI is InChI=1S/C7H11NO/c1-5(9)7-2-6(3-7)8-4-7/h6,8H,2-4H2,1H3. The second-order valence-corrected chi connectivity index (χ2v) is 3.32. The van der Waals surface area contributed by atoms with E-state index in [4.69, 9.17) is 0 Å². The Balaban J connectivity index is 2.19. The highest BCUT2D eigenvalue weighted by molar-refractivity contribution is 5.84. The molecule has 1 N–H and O–H groups in total. The predicted octanol–water partition coefficient (Wildman–Crippen LogP) is 0.327. The highest BCUT2D eigenvalue weighted by Crippen LogP contribution is 2.46. The first-order chi connectivity index (χ1) is 4.23. The van der Waals surface area contributed by atoms with E-state index in [-0.39, 0.29) is 5.41 Å². The van der Waals surface area contributed by atoms with Crippen LogP contribution < -0.4 is 5.32 Å². The van der Waals surface area contributed by atoms with Crippen molar-refractivity contribution < 1.29 is 4.79 Å². The number of carbonyl (C=O) groups is 1. The summed E-state index contributed by atoms with van der Waals surface area (Å²) in [5.74, 6) is 0.378. The number of Topliss-reactive ketones (excluding diaryl/α,β-unsaturated/α-hetero) is 1. The van der Waals surface area contributed by atoms with Crippen LogP contribution in [0.4, 0.5) is 0 Å². The zero-order valence-corrected chi connectivity index (χ0v) is 5.61. The largest absolute Gasteiger partial charge is 0.313 e. The van der Waals surface area contributed by atoms with Gasteiger partial charge in [-0.2, -0.15) is 0 Å². The normalized spacial score (nSPS) is 46.6. The van der Waals surface area contributed by atoms with Crippen LogP contribution in [-0.2, 0) is 4.79 Å². The quantitative estimate of drug-likeness (QED) is 0.547. The third-order valence-corrected chi connectivity index (χ3v) is 2.75. The summed E-state index contributed by atoms with van der Waals surface area (Å²) in [7, 11) is 0. The van der Waals surface area contributed by atoms with Crippen molar-refractivity contribution in [3.63, 3.8) is 0 Å². The third-order valence-electron chi connectivity index (χ3n) is 2.75. The fourth-order valence-corrected chi connectivity index (χ4v) is 1.92. The average Bonchev–Trinajstić information content (AvgIpc) is 2.13. The van der Waals surface area contributed by atoms with Crippen molar-refractivity contribution in [2.24, 2.45) is 5.41 Å². The Hall–Kier alpha value is -0.370. The molecular weight excluding hydrogens is 114 g/mol. The maximum Gasteiger partial charge on any atom is 0.137 e. The van der Waals surface area contributed by atoms with Gasteiger partial charge in [-0.3, -0.25) is 4.79 Å². The lowest BCUT2D eigenvalue weighted by Gasteiger charge is -2.33. The van der Waals surface area contributed by atoms with Crippen LogP contribution in [0.25, 0.3) is 0 Å². The van der Waals surface area contributed by atoms with Gasteiger partial charge in [0.1, 0.15) is 5.78 Å². The minimum absolute atomic E-state index is 0.0880. The van der Waals surface area contributed by atoms with E-state index in [0.29, 0.717) is 11.8 Å². The molecule has 0 aromatic heterocycles. The van der Waals surface area contributed by atoms with E-state index in [1.54, 1.807) is 6.92 Å². The minimum Gasteiger partial charge on any atom is -0.313 e. The van der Waals surface area contributed by atoms with Crippen LogP contribution in [0, 0.1) is 5.41 Å². The molecule has 2 bridgehead atoms. The first-order valence-corrected chi connectivity index (χ1v) is 3.47. The minimum atomic E-state index is 0.0880. The molecule has 2 nitrogen and oxygen atoms in total. The molecule has 3 aliphatic rings. The van der Waals surface area contributed by atoms with Crippen LogP contribution in [0.15, 0.2) is 0 Å². The topological polar surface area (TPSA) is 29.1 Å². The third kappa shape index (κ3) is 0.517. The summed E-state index contributed by atoms with van der Waals surface area (Å²) in [6.07, 6.45) is 2.20. The maximum absolute atomic E-state index is 11.0. The summed E-state index contributed by atoms with van der Waals surface area (Å²) >= 11 is 0. The van der Waals surface area contributed by atoms with Crippen molar-refractivity contribution >= 4 is 5.78 Å². The highest BCUT2D eigenvalue weighted by atomic mass is 16.1. The molecule has 9 heavy (non-hydrogen) atoms. The number of rotatable bonds is 1. The summed E-state index contributed by atoms with van der Waals surface area (Å²) in [4.78, 5) is 11.0. The Morgan fingerprint density at radius 3 is 2.56 bits per heavy atom. The Morgan fingerprint density at radius 1 is 1.67 bits per heavy atom. The molecule has 2 saturated heterocycles. The molecule has 0 aromatic rings. The predicted molar refractivity (Wildman–Crippen MR) is 34.1 cm³/mol. The maximum atomic E-state index is 11.0. The molecular formula is C7H11NO. The molecule has 0 atom stereocenters. The van der Waals surface area contributed by atoms with Gasteiger partial charge < -0.3 is 5.32 Å². The smallest absolute Gasteiger partial charge is 0.137 e. The van der Waals surface area contributed by atoms with Gasteiger partial charge >= 0.3 is 0 Å². The molecule has 2 aliphatic heterocycles. The summed E-state index contributed by atoms with van der Waals surface area (Å²) in [5, 5.41) is 3.29. The summed E-state index contributed by atoms with van der Waals surface area (Å²) in [6, 6.07) is 0.675. The van der Waals surface area contributed by atoms with E-state index < -0.39 is 0 Å². The molecule has 3 rings (SSSR count). The first kappa shape index (κ1) is 5.42. The first-order valence-electron chi connectivity index (χ1n) is 3.47. The monoisotopic (exact) mass is 125 g/mol. The number of carbonyl (C=O) groups excluding carboxylic acids is 1. The zero-order valence-electron chi connectivity index (χ0n) is 5.61. The molecule has 50 valence electrons. The Kier molecular flexibility index (Phi) is 0.826. The molecule has 0 spiro atoms. The van der Waals surface area contributed by atoms with E-state index in [1.165, 1.54) is 0 Å². The molecule has 2 heteroatoms. The van der Waals surface area contributed by atoms with Gasteiger partial charge in [-0.15, -0.1) is 0 Å². The fourth-order valence-electron chi connectivity index (χ4n) is 1.92. The number of ketones is 1. The van der Waals surface area contributed by atoms with Gasteiger partial charge in [-0.1, -0.05) is 0 Å². The van der Waals surface area contributed by atoms with Gasteiger partial charge in [-0.05, 0) is 19.8 Å². The van der Waals surface area contributed by atoms with E-state index in [9.17, 15) is 4.79 Å². The lowest BCUT2D eigenvalue weighted by atomic mass is 9.68. The summed E-state index contributed by atoms with van der Waals surface area (Å²) in [5.41, 5.74) is 0.0880. The molecule has 1 aliphatic carbocycles. The van der Waals surface area contributed by atoms with Crippen LogP contribution in [0.1, 0.15) is 19.8 Å². The van der Waals surface area contributed by atoms with E-state index in [2.05, 4.69) is 5.32 Å². The zero-order chi connectivity index (χ0) is 6.48. The van der Waals surface area contributed by atoms with Crippen LogP contribution in [-0.4, -0.2) is 18.4 Å². The summed E-state index contributed by atoms with van der Waals surface area (Å²) < 4.78 is 0. The van der Waals surface area contributed by atoms with Crippen LogP contribution >= 0.6 is 0 Å². The molecule has 0 unspecified atom stereocenters. The lowest BCUT2D eigenvalue weighted by Crippen LogP contribution is -2.39. The van der Waals surface area contributed by atoms with Crippen molar-refractivity contribution in [2.45, 2.75) is 25.8 Å². The van der Waals surface area contributed by atoms with Gasteiger partial charge in [0.05, 0.1) is 0 Å². The Morgan fingerprint density at radius 2 is 2.33 bits per heavy atom. The van der Waals surface area contributed by atoms with E-state index >= 15 is 0 Å². The van der Waals surface area contributed by atoms with Gasteiger partial charge in [-0.25, -0.2) is 0 Å². The van der Waals surface area contributed by atoms with Crippen LogP contribution in [0.5, 0.6) is 0 Å².